The molecule has 3 N–H and O–H groups in total. The fourth-order valence-corrected chi connectivity index (χ4v) is 1.69. The molecule has 1 heterocycles. The average molecular weight is 259 g/mol. The predicted octanol–water partition coefficient (Wildman–Crippen LogP) is 1.81. The summed E-state index contributed by atoms with van der Waals surface area (Å²) in [7, 11) is 0. The second-order valence-corrected chi connectivity index (χ2v) is 4.38. The Kier molecular flexibility index (Phi) is 4.18. The van der Waals surface area contributed by atoms with Gasteiger partial charge in [0.15, 0.2) is 0 Å². The number of benzene rings is 1. The molecule has 0 atom stereocenters. The zero-order valence-corrected chi connectivity index (χ0v) is 10.8. The van der Waals surface area contributed by atoms with Crippen molar-refractivity contribution in [1.82, 2.24) is 10.3 Å². The molecule has 2 rings (SSSR count). The van der Waals surface area contributed by atoms with Gasteiger partial charge in [-0.2, -0.15) is 0 Å². The number of rotatable bonds is 5. The number of nitrogens with one attached hydrogen (secondary N) is 1. The summed E-state index contributed by atoms with van der Waals surface area (Å²) in [6.45, 7) is 2.15. The Hall–Kier alpha value is -2.30. The average Bonchev–Trinajstić information content (AvgIpc) is 2.81. The maximum Gasteiger partial charge on any atom is 0.220 e. The second kappa shape index (κ2) is 6.04. The van der Waals surface area contributed by atoms with Crippen molar-refractivity contribution in [3.63, 3.8) is 0 Å². The Morgan fingerprint density at radius 3 is 2.74 bits per heavy atom. The fourth-order valence-electron chi connectivity index (χ4n) is 1.69. The smallest absolute Gasteiger partial charge is 0.220 e. The summed E-state index contributed by atoms with van der Waals surface area (Å²) in [5.74, 6) is 1.25. The number of nitrogens with zero attached hydrogens (tertiary/aromatic N) is 1. The van der Waals surface area contributed by atoms with Crippen LogP contribution in [0.5, 0.6) is 0 Å². The number of oxazole rings is 1. The number of carbonyl (C=O) groups excluding carboxylic acids is 1. The second-order valence-electron chi connectivity index (χ2n) is 4.38. The number of anilines is 1. The molecule has 0 fully saturated rings. The van der Waals surface area contributed by atoms with Crippen LogP contribution >= 0.6 is 0 Å². The fraction of sp³-hybridized carbons (Fsp3) is 0.286. The molecule has 0 saturated heterocycles. The van der Waals surface area contributed by atoms with E-state index >= 15 is 0 Å². The van der Waals surface area contributed by atoms with Gasteiger partial charge < -0.3 is 15.5 Å². The highest BCUT2D eigenvalue weighted by atomic mass is 16.4. The number of carbonyl (C=O) groups is 1. The molecule has 0 aliphatic carbocycles. The van der Waals surface area contributed by atoms with Crippen LogP contribution in [0.25, 0.3) is 0 Å². The molecule has 0 saturated carbocycles. The molecule has 0 unspecified atom stereocenters. The van der Waals surface area contributed by atoms with Crippen LogP contribution in [-0.4, -0.2) is 10.9 Å². The van der Waals surface area contributed by atoms with E-state index in [9.17, 15) is 4.79 Å². The largest absolute Gasteiger partial charge is 0.444 e. The van der Waals surface area contributed by atoms with Crippen LogP contribution in [0.3, 0.4) is 0 Å². The molecule has 0 spiro atoms. The van der Waals surface area contributed by atoms with Crippen molar-refractivity contribution in [2.45, 2.75) is 26.3 Å². The van der Waals surface area contributed by atoms with Crippen LogP contribution in [0.4, 0.5) is 5.69 Å². The minimum Gasteiger partial charge on any atom is -0.444 e. The normalized spacial score (nSPS) is 10.4. The zero-order valence-electron chi connectivity index (χ0n) is 10.8. The maximum atomic E-state index is 11.7. The van der Waals surface area contributed by atoms with Gasteiger partial charge in [-0.3, -0.25) is 4.79 Å². The van der Waals surface area contributed by atoms with Gasteiger partial charge in [-0.05, 0) is 31.0 Å². The van der Waals surface area contributed by atoms with Crippen molar-refractivity contribution in [3.8, 4) is 0 Å². The summed E-state index contributed by atoms with van der Waals surface area (Å²) in [4.78, 5) is 15.7. The quantitative estimate of drug-likeness (QED) is 0.802. The lowest BCUT2D eigenvalue weighted by Gasteiger charge is -2.03. The lowest BCUT2D eigenvalue weighted by atomic mass is 10.1. The van der Waals surface area contributed by atoms with Crippen molar-refractivity contribution in [2.75, 3.05) is 5.73 Å². The molecule has 1 aromatic heterocycles. The Labute approximate surface area is 111 Å². The first kappa shape index (κ1) is 13.1. The summed E-state index contributed by atoms with van der Waals surface area (Å²) >= 11 is 0. The molecular weight excluding hydrogens is 242 g/mol. The number of nitrogens with two attached hydrogens (primary N) is 1. The van der Waals surface area contributed by atoms with Crippen LogP contribution < -0.4 is 11.1 Å². The molecule has 5 nitrogen and oxygen atoms in total. The van der Waals surface area contributed by atoms with E-state index in [2.05, 4.69) is 10.3 Å². The van der Waals surface area contributed by atoms with Crippen molar-refractivity contribution in [3.05, 3.63) is 47.7 Å². The molecule has 5 heteroatoms. The van der Waals surface area contributed by atoms with Gasteiger partial charge in [0.1, 0.15) is 5.76 Å². The third kappa shape index (κ3) is 4.13. The zero-order chi connectivity index (χ0) is 13.7. The maximum absolute atomic E-state index is 11.7. The van der Waals surface area contributed by atoms with E-state index < -0.39 is 0 Å². The molecular formula is C14H17N3O2. The first-order valence-corrected chi connectivity index (χ1v) is 6.16. The van der Waals surface area contributed by atoms with Gasteiger partial charge in [0.05, 0.1) is 12.7 Å². The van der Waals surface area contributed by atoms with Crippen molar-refractivity contribution < 1.29 is 9.21 Å². The van der Waals surface area contributed by atoms with Crippen molar-refractivity contribution >= 4 is 11.6 Å². The van der Waals surface area contributed by atoms with E-state index in [1.54, 1.807) is 6.20 Å². The molecule has 100 valence electrons. The number of hydrogen-bond acceptors (Lipinski definition) is 4. The first-order chi connectivity index (χ1) is 9.13. The van der Waals surface area contributed by atoms with Gasteiger partial charge in [-0.25, -0.2) is 4.98 Å². The Morgan fingerprint density at radius 1 is 1.37 bits per heavy atom. The molecule has 1 aromatic carbocycles. The summed E-state index contributed by atoms with van der Waals surface area (Å²) in [6.07, 6.45) is 2.76. The molecule has 0 radical (unpaired) electrons. The van der Waals surface area contributed by atoms with E-state index in [-0.39, 0.29) is 5.91 Å². The lowest BCUT2D eigenvalue weighted by Crippen LogP contribution is -2.23. The Bertz CT molecular complexity index is 546. The van der Waals surface area contributed by atoms with Gasteiger partial charge in [-0.15, -0.1) is 0 Å². The molecule has 19 heavy (non-hydrogen) atoms. The predicted molar refractivity (Wildman–Crippen MR) is 72.3 cm³/mol. The summed E-state index contributed by atoms with van der Waals surface area (Å²) in [5.41, 5.74) is 7.42. The number of amides is 1. The Morgan fingerprint density at radius 2 is 2.11 bits per heavy atom. The van der Waals surface area contributed by atoms with E-state index in [1.807, 2.05) is 31.2 Å². The van der Waals surface area contributed by atoms with Crippen LogP contribution in [0.1, 0.15) is 23.6 Å². The Balaban J connectivity index is 1.74. The summed E-state index contributed by atoms with van der Waals surface area (Å²) in [5, 5.41) is 2.77. The number of aromatic nitrogens is 1. The molecule has 0 bridgehead atoms. The molecule has 0 aliphatic heterocycles. The van der Waals surface area contributed by atoms with Crippen molar-refractivity contribution in [1.29, 1.82) is 0 Å². The van der Waals surface area contributed by atoms with Crippen LogP contribution in [0.2, 0.25) is 0 Å². The third-order valence-corrected chi connectivity index (χ3v) is 2.73. The SMILES string of the molecule is Cc1cnc(CNC(=O)CCc2ccc(N)cc2)o1. The highest BCUT2D eigenvalue weighted by molar-refractivity contribution is 5.76. The van der Waals surface area contributed by atoms with Gasteiger partial charge in [0, 0.05) is 12.1 Å². The monoisotopic (exact) mass is 259 g/mol. The van der Waals surface area contributed by atoms with E-state index in [0.29, 0.717) is 25.3 Å². The van der Waals surface area contributed by atoms with Crippen LogP contribution in [0, 0.1) is 6.92 Å². The highest BCUT2D eigenvalue weighted by Crippen LogP contribution is 2.07. The van der Waals surface area contributed by atoms with Crippen LogP contribution in [0.15, 0.2) is 34.9 Å². The third-order valence-electron chi connectivity index (χ3n) is 2.73. The minimum absolute atomic E-state index is 0.0207. The molecule has 2 aromatic rings. The topological polar surface area (TPSA) is 81.2 Å². The summed E-state index contributed by atoms with van der Waals surface area (Å²) in [6, 6.07) is 7.53. The van der Waals surface area contributed by atoms with E-state index in [4.69, 9.17) is 10.2 Å². The summed E-state index contributed by atoms with van der Waals surface area (Å²) < 4.78 is 5.27. The minimum atomic E-state index is -0.0207. The lowest BCUT2D eigenvalue weighted by molar-refractivity contribution is -0.121. The van der Waals surface area contributed by atoms with E-state index in [0.717, 1.165) is 17.0 Å². The van der Waals surface area contributed by atoms with Gasteiger partial charge in [-0.1, -0.05) is 12.1 Å². The van der Waals surface area contributed by atoms with Crippen molar-refractivity contribution in [2.24, 2.45) is 0 Å². The standard InChI is InChI=1S/C14H17N3O2/c1-10-8-17-14(19-10)9-16-13(18)7-4-11-2-5-12(15)6-3-11/h2-3,5-6,8H,4,7,9,15H2,1H3,(H,16,18). The van der Waals surface area contributed by atoms with Gasteiger partial charge in [0.25, 0.3) is 0 Å². The number of aryl methyl sites for hydroxylation is 2. The first-order valence-electron chi connectivity index (χ1n) is 6.16. The molecule has 0 aliphatic rings. The number of hydrogen-bond donors (Lipinski definition) is 2. The molecule has 1 amide bonds. The van der Waals surface area contributed by atoms with E-state index in [1.165, 1.54) is 0 Å². The van der Waals surface area contributed by atoms with Crippen LogP contribution in [-0.2, 0) is 17.8 Å². The highest BCUT2D eigenvalue weighted by Gasteiger charge is 2.05. The van der Waals surface area contributed by atoms with Gasteiger partial charge >= 0.3 is 0 Å². The van der Waals surface area contributed by atoms with Gasteiger partial charge in [0.2, 0.25) is 11.8 Å². The number of nitrogen functional groups attached to an aromatic ring is 1.